The van der Waals surface area contributed by atoms with Gasteiger partial charge < -0.3 is 0 Å². The van der Waals surface area contributed by atoms with Crippen LogP contribution in [0.5, 0.6) is 5.75 Å². The third kappa shape index (κ3) is 6.83. The predicted octanol–water partition coefficient (Wildman–Crippen LogP) is 7.49. The minimum Gasteiger partial charge on any atom is -0.285 e. The molecule has 184 valence electrons. The third-order valence-corrected chi connectivity index (χ3v) is 7.47. The Kier molecular flexibility index (Phi) is 10.4. The molecule has 1 saturated carbocycles. The molecule has 0 saturated heterocycles. The number of unbranched alkanes of at least 4 members (excludes halogenated alkanes) is 4. The lowest BCUT2D eigenvalue weighted by Crippen LogP contribution is -2.57. The molecule has 33 heavy (non-hydrogen) atoms. The molecule has 1 unspecified atom stereocenters. The first kappa shape index (κ1) is 26.9. The second kappa shape index (κ2) is 12.8. The second-order valence-corrected chi connectivity index (χ2v) is 10.1. The van der Waals surface area contributed by atoms with Crippen LogP contribution in [0.25, 0.3) is 0 Å². The van der Waals surface area contributed by atoms with E-state index in [9.17, 15) is 9.59 Å². The van der Waals surface area contributed by atoms with Crippen LogP contribution in [0.15, 0.2) is 23.3 Å². The summed E-state index contributed by atoms with van der Waals surface area (Å²) >= 11 is 0. The Balaban J connectivity index is 2.22. The lowest BCUT2D eigenvalue weighted by atomic mass is 9.64. The number of carbonyl (C=O) groups is 1. The molecule has 2 rings (SSSR count). The summed E-state index contributed by atoms with van der Waals surface area (Å²) < 4.78 is 0. The Labute approximate surface area is 199 Å². The number of isocyanates is 1. The van der Waals surface area contributed by atoms with Crippen molar-refractivity contribution in [3.63, 3.8) is 0 Å². The quantitative estimate of drug-likeness (QED) is 0.107. The first-order valence-corrected chi connectivity index (χ1v) is 12.7. The lowest BCUT2D eigenvalue weighted by molar-refractivity contribution is -0.168. The van der Waals surface area contributed by atoms with Gasteiger partial charge in [-0.3, -0.25) is 4.89 Å². The van der Waals surface area contributed by atoms with Crippen molar-refractivity contribution in [2.24, 2.45) is 10.5 Å². The normalized spacial score (nSPS) is 19.4. The predicted molar refractivity (Wildman–Crippen MR) is 131 cm³/mol. The lowest BCUT2D eigenvalue weighted by Gasteiger charge is -2.50. The van der Waals surface area contributed by atoms with E-state index in [1.54, 1.807) is 0 Å². The molecule has 0 heterocycles. The molecule has 0 aromatic heterocycles. The molecule has 1 aromatic rings. The molecule has 1 atom stereocenters. The maximum absolute atomic E-state index is 13.1. The highest BCUT2D eigenvalue weighted by atomic mass is 17.2. The highest BCUT2D eigenvalue weighted by molar-refractivity contribution is 5.69. The fourth-order valence-corrected chi connectivity index (χ4v) is 4.87. The van der Waals surface area contributed by atoms with Crippen molar-refractivity contribution >= 4 is 12.2 Å². The van der Waals surface area contributed by atoms with Gasteiger partial charge in [0.25, 0.3) is 6.08 Å². The first-order chi connectivity index (χ1) is 15.8. The average Bonchev–Trinajstić information content (AvgIpc) is 2.79. The molecule has 0 spiro atoms. The number of hydrogen-bond acceptors (Lipinski definition) is 5. The summed E-state index contributed by atoms with van der Waals surface area (Å²) in [7, 11) is 0. The number of rotatable bonds is 12. The zero-order valence-corrected chi connectivity index (χ0v) is 21.2. The molecule has 0 radical (unpaired) electrons. The van der Waals surface area contributed by atoms with Crippen molar-refractivity contribution in [3.05, 3.63) is 29.3 Å². The number of aryl methyl sites for hydroxylation is 1. The molecule has 1 aliphatic carbocycles. The van der Waals surface area contributed by atoms with Gasteiger partial charge >= 0.3 is 6.09 Å². The van der Waals surface area contributed by atoms with Crippen molar-refractivity contribution in [1.82, 2.24) is 5.01 Å². The van der Waals surface area contributed by atoms with Crippen LogP contribution in [0.1, 0.15) is 110 Å². The van der Waals surface area contributed by atoms with Gasteiger partial charge in [0, 0.05) is 5.56 Å². The molecular formula is C27H42N2O4. The van der Waals surface area contributed by atoms with Crippen LogP contribution in [-0.2, 0) is 22.5 Å². The molecule has 0 bridgehead atoms. The number of amides is 1. The van der Waals surface area contributed by atoms with Gasteiger partial charge in [-0.05, 0) is 62.5 Å². The van der Waals surface area contributed by atoms with E-state index in [1.165, 1.54) is 24.5 Å². The van der Waals surface area contributed by atoms with Gasteiger partial charge in [0.15, 0.2) is 5.75 Å². The van der Waals surface area contributed by atoms with Crippen LogP contribution in [0.4, 0.5) is 4.79 Å². The highest BCUT2D eigenvalue weighted by Gasteiger charge is 2.50. The summed E-state index contributed by atoms with van der Waals surface area (Å²) in [5, 5.41) is 4.89. The minimum absolute atomic E-state index is 0.227. The number of benzene rings is 1. The van der Waals surface area contributed by atoms with Crippen LogP contribution in [-0.4, -0.2) is 22.7 Å². The Morgan fingerprint density at radius 1 is 1.03 bits per heavy atom. The maximum Gasteiger partial charge on any atom is 0.474 e. The van der Waals surface area contributed by atoms with E-state index >= 15 is 0 Å². The SMILES string of the molecule is CCCCCc1cccc(OOC(=O)N(N=C=O)C2(C)CCCCC2(C)C)c1CCCCC. The van der Waals surface area contributed by atoms with E-state index in [0.29, 0.717) is 5.75 Å². The van der Waals surface area contributed by atoms with Gasteiger partial charge in [0.2, 0.25) is 0 Å². The molecular weight excluding hydrogens is 416 g/mol. The average molecular weight is 459 g/mol. The molecule has 0 N–H and O–H groups in total. The first-order valence-electron chi connectivity index (χ1n) is 12.7. The summed E-state index contributed by atoms with van der Waals surface area (Å²) in [5.74, 6) is 0.566. The number of carbonyl (C=O) groups excluding carboxylic acids is 2. The van der Waals surface area contributed by atoms with E-state index in [-0.39, 0.29) is 5.41 Å². The number of hydrogen-bond donors (Lipinski definition) is 0. The van der Waals surface area contributed by atoms with Gasteiger partial charge in [-0.25, -0.2) is 14.5 Å². The standard InChI is InChI=1S/C27H42N2O4/c1-6-8-10-15-22-16-14-18-24(23(22)17-11-9-7-2)32-33-25(31)29(28-21-30)27(5)20-13-12-19-26(27,3)4/h14,16,18H,6-13,15,17,19-20H2,1-5H3. The van der Waals surface area contributed by atoms with Crippen LogP contribution in [0.3, 0.4) is 0 Å². The second-order valence-electron chi connectivity index (χ2n) is 10.1. The highest BCUT2D eigenvalue weighted by Crippen LogP contribution is 2.47. The number of hydrazone groups is 1. The van der Waals surface area contributed by atoms with E-state index in [0.717, 1.165) is 74.8 Å². The molecule has 1 aromatic carbocycles. The summed E-state index contributed by atoms with van der Waals surface area (Å²) in [6.07, 6.45) is 13.1. The Hall–Kier alpha value is -2.33. The van der Waals surface area contributed by atoms with Crippen molar-refractivity contribution in [2.75, 3.05) is 0 Å². The van der Waals surface area contributed by atoms with Gasteiger partial charge in [0.05, 0.1) is 5.54 Å². The van der Waals surface area contributed by atoms with E-state index in [2.05, 4.69) is 38.9 Å². The van der Waals surface area contributed by atoms with Crippen molar-refractivity contribution in [2.45, 2.75) is 117 Å². The Morgan fingerprint density at radius 3 is 2.33 bits per heavy atom. The monoisotopic (exact) mass is 458 g/mol. The van der Waals surface area contributed by atoms with Gasteiger partial charge in [0.1, 0.15) is 0 Å². The van der Waals surface area contributed by atoms with Crippen molar-refractivity contribution in [3.8, 4) is 5.75 Å². The van der Waals surface area contributed by atoms with Gasteiger partial charge in [-0.1, -0.05) is 83.5 Å². The fourth-order valence-electron chi connectivity index (χ4n) is 4.87. The number of nitrogens with zero attached hydrogens (tertiary/aromatic N) is 2. The van der Waals surface area contributed by atoms with E-state index < -0.39 is 11.6 Å². The van der Waals surface area contributed by atoms with Gasteiger partial charge in [-0.2, -0.15) is 5.01 Å². The van der Waals surface area contributed by atoms with Crippen LogP contribution in [0, 0.1) is 5.41 Å². The van der Waals surface area contributed by atoms with Crippen LogP contribution in [0.2, 0.25) is 0 Å². The molecule has 1 aliphatic rings. The molecule has 6 heteroatoms. The zero-order chi connectivity index (χ0) is 24.3. The summed E-state index contributed by atoms with van der Waals surface area (Å²) in [6.45, 7) is 10.5. The summed E-state index contributed by atoms with van der Waals surface area (Å²) in [5.41, 5.74) is 1.46. The molecule has 6 nitrogen and oxygen atoms in total. The summed E-state index contributed by atoms with van der Waals surface area (Å²) in [4.78, 5) is 35.2. The van der Waals surface area contributed by atoms with Crippen molar-refractivity contribution < 1.29 is 19.4 Å². The topological polar surface area (TPSA) is 68.2 Å². The van der Waals surface area contributed by atoms with Crippen LogP contribution >= 0.6 is 0 Å². The minimum atomic E-state index is -0.785. The van der Waals surface area contributed by atoms with E-state index in [1.807, 2.05) is 19.1 Å². The van der Waals surface area contributed by atoms with Gasteiger partial charge in [-0.15, -0.1) is 0 Å². The van der Waals surface area contributed by atoms with E-state index in [4.69, 9.17) is 9.78 Å². The smallest absolute Gasteiger partial charge is 0.285 e. The molecule has 1 fully saturated rings. The molecule has 0 aliphatic heterocycles. The van der Waals surface area contributed by atoms with Crippen molar-refractivity contribution in [1.29, 1.82) is 0 Å². The summed E-state index contributed by atoms with van der Waals surface area (Å²) in [6, 6.07) is 5.93. The Morgan fingerprint density at radius 2 is 1.70 bits per heavy atom. The third-order valence-electron chi connectivity index (χ3n) is 7.47. The zero-order valence-electron chi connectivity index (χ0n) is 21.2. The maximum atomic E-state index is 13.1. The fraction of sp³-hybridized carbons (Fsp3) is 0.704. The van der Waals surface area contributed by atoms with Crippen LogP contribution < -0.4 is 4.89 Å². The largest absolute Gasteiger partial charge is 0.474 e. The Bertz CT molecular complexity index is 816. The molecule has 1 amide bonds.